The molecule has 0 fully saturated rings. The lowest BCUT2D eigenvalue weighted by Crippen LogP contribution is -1.95. The predicted octanol–water partition coefficient (Wildman–Crippen LogP) is 8.89. The molecular weight excluding hydrogens is 436 g/mol. The Kier molecular flexibility index (Phi) is 9.07. The standard InChI is InChI=1S/C34H32N2/c35-25-33-29(21-13-23-31(33)27-15-9-5-10-16-27)19-7-3-1-2-4-8-20-30-22-14-24-32(34(30)26-36)28-17-11-6-12-18-28/h5-6,9-18,21-24H,1-4,7-8,19-20H2. The maximum Gasteiger partial charge on any atom is 0.100 e. The van der Waals surface area contributed by atoms with Gasteiger partial charge in [-0.3, -0.25) is 0 Å². The molecule has 0 radical (unpaired) electrons. The molecule has 0 bridgehead atoms. The molecule has 0 saturated heterocycles. The number of benzene rings is 4. The zero-order valence-electron chi connectivity index (χ0n) is 20.8. The van der Waals surface area contributed by atoms with Crippen LogP contribution in [0.4, 0.5) is 0 Å². The highest BCUT2D eigenvalue weighted by atomic mass is 14.3. The number of hydrogen-bond acceptors (Lipinski definition) is 2. The van der Waals surface area contributed by atoms with E-state index >= 15 is 0 Å². The first-order valence-corrected chi connectivity index (χ1v) is 13.0. The van der Waals surface area contributed by atoms with Crippen LogP contribution in [0.2, 0.25) is 0 Å². The van der Waals surface area contributed by atoms with Gasteiger partial charge in [-0.05, 0) is 59.1 Å². The van der Waals surface area contributed by atoms with Crippen molar-refractivity contribution in [1.82, 2.24) is 0 Å². The lowest BCUT2D eigenvalue weighted by atomic mass is 9.93. The Morgan fingerprint density at radius 3 is 1.19 bits per heavy atom. The molecule has 0 aliphatic rings. The van der Waals surface area contributed by atoms with Gasteiger partial charge in [0.2, 0.25) is 0 Å². The van der Waals surface area contributed by atoms with Crippen molar-refractivity contribution in [2.75, 3.05) is 0 Å². The van der Waals surface area contributed by atoms with Crippen LogP contribution in [0.5, 0.6) is 0 Å². The Hall–Kier alpha value is -4.14. The number of hydrogen-bond donors (Lipinski definition) is 0. The van der Waals surface area contributed by atoms with E-state index in [0.29, 0.717) is 0 Å². The summed E-state index contributed by atoms with van der Waals surface area (Å²) < 4.78 is 0. The van der Waals surface area contributed by atoms with Crippen LogP contribution in [-0.4, -0.2) is 0 Å². The molecule has 0 aliphatic carbocycles. The van der Waals surface area contributed by atoms with E-state index in [2.05, 4.69) is 60.7 Å². The van der Waals surface area contributed by atoms with Crippen molar-refractivity contribution in [1.29, 1.82) is 10.5 Å². The van der Waals surface area contributed by atoms with Gasteiger partial charge in [0.25, 0.3) is 0 Å². The van der Waals surface area contributed by atoms with Gasteiger partial charge < -0.3 is 0 Å². The average molecular weight is 469 g/mol. The second-order valence-electron chi connectivity index (χ2n) is 9.26. The Morgan fingerprint density at radius 1 is 0.417 bits per heavy atom. The van der Waals surface area contributed by atoms with Gasteiger partial charge in [0.15, 0.2) is 0 Å². The summed E-state index contributed by atoms with van der Waals surface area (Å²) in [6.07, 6.45) is 8.85. The summed E-state index contributed by atoms with van der Waals surface area (Å²) in [6, 6.07) is 37.7. The second-order valence-corrected chi connectivity index (χ2v) is 9.26. The van der Waals surface area contributed by atoms with E-state index in [0.717, 1.165) is 70.2 Å². The fraction of sp³-hybridized carbons (Fsp3) is 0.235. The van der Waals surface area contributed by atoms with Crippen LogP contribution >= 0.6 is 0 Å². The lowest BCUT2D eigenvalue weighted by molar-refractivity contribution is 0.593. The predicted molar refractivity (Wildman–Crippen MR) is 148 cm³/mol. The van der Waals surface area contributed by atoms with Gasteiger partial charge in [-0.2, -0.15) is 10.5 Å². The number of aryl methyl sites for hydroxylation is 2. The van der Waals surface area contributed by atoms with E-state index in [1.54, 1.807) is 0 Å². The molecule has 36 heavy (non-hydrogen) atoms. The Bertz CT molecular complexity index is 1230. The number of nitrogens with zero attached hydrogens (tertiary/aromatic N) is 2. The topological polar surface area (TPSA) is 47.6 Å². The molecular formula is C34H32N2. The van der Waals surface area contributed by atoms with Gasteiger partial charge in [-0.25, -0.2) is 0 Å². The molecule has 0 heterocycles. The third-order valence-electron chi connectivity index (χ3n) is 6.84. The van der Waals surface area contributed by atoms with E-state index in [-0.39, 0.29) is 0 Å². The summed E-state index contributed by atoms with van der Waals surface area (Å²) in [5.41, 5.74) is 8.20. The van der Waals surface area contributed by atoms with Gasteiger partial charge in [-0.1, -0.05) is 123 Å². The van der Waals surface area contributed by atoms with Crippen molar-refractivity contribution in [3.8, 4) is 34.4 Å². The Balaban J connectivity index is 1.23. The van der Waals surface area contributed by atoms with Crippen LogP contribution in [0.15, 0.2) is 97.1 Å². The molecule has 178 valence electrons. The lowest BCUT2D eigenvalue weighted by Gasteiger charge is -2.10. The molecule has 0 N–H and O–H groups in total. The van der Waals surface area contributed by atoms with Crippen molar-refractivity contribution in [3.05, 3.63) is 119 Å². The molecule has 0 aromatic heterocycles. The first-order chi connectivity index (χ1) is 17.8. The van der Waals surface area contributed by atoms with Crippen LogP contribution in [0.1, 0.15) is 60.8 Å². The number of rotatable bonds is 11. The van der Waals surface area contributed by atoms with E-state index in [1.165, 1.54) is 25.7 Å². The summed E-state index contributed by atoms with van der Waals surface area (Å²) in [6.45, 7) is 0. The molecule has 0 unspecified atom stereocenters. The molecule has 4 rings (SSSR count). The SMILES string of the molecule is N#Cc1c(CCCCCCCCc2cccc(-c3ccccc3)c2C#N)cccc1-c1ccccc1. The minimum absolute atomic E-state index is 0.815. The summed E-state index contributed by atoms with van der Waals surface area (Å²) in [7, 11) is 0. The highest BCUT2D eigenvalue weighted by Crippen LogP contribution is 2.28. The molecule has 2 heteroatoms. The van der Waals surface area contributed by atoms with E-state index in [9.17, 15) is 10.5 Å². The van der Waals surface area contributed by atoms with Gasteiger partial charge in [0, 0.05) is 0 Å². The number of unbranched alkanes of at least 4 members (excludes halogenated alkanes) is 5. The van der Waals surface area contributed by atoms with Crippen LogP contribution in [0.3, 0.4) is 0 Å². The zero-order valence-corrected chi connectivity index (χ0v) is 20.8. The normalized spacial score (nSPS) is 10.5. The van der Waals surface area contributed by atoms with Crippen molar-refractivity contribution in [2.24, 2.45) is 0 Å². The maximum atomic E-state index is 9.80. The second kappa shape index (κ2) is 13.1. The number of nitriles is 2. The Labute approximate surface area is 215 Å². The fourth-order valence-electron chi connectivity index (χ4n) is 4.94. The molecule has 2 nitrogen and oxygen atoms in total. The van der Waals surface area contributed by atoms with Gasteiger partial charge in [0.1, 0.15) is 12.1 Å². The van der Waals surface area contributed by atoms with Crippen LogP contribution in [-0.2, 0) is 12.8 Å². The van der Waals surface area contributed by atoms with Crippen molar-refractivity contribution >= 4 is 0 Å². The van der Waals surface area contributed by atoms with E-state index in [1.807, 2.05) is 48.5 Å². The van der Waals surface area contributed by atoms with Gasteiger partial charge >= 0.3 is 0 Å². The third-order valence-corrected chi connectivity index (χ3v) is 6.84. The first-order valence-electron chi connectivity index (χ1n) is 13.0. The first kappa shape index (κ1) is 25.0. The molecule has 0 spiro atoms. The molecule has 0 amide bonds. The van der Waals surface area contributed by atoms with Crippen LogP contribution in [0, 0.1) is 22.7 Å². The van der Waals surface area contributed by atoms with Crippen molar-refractivity contribution < 1.29 is 0 Å². The fourth-order valence-corrected chi connectivity index (χ4v) is 4.94. The van der Waals surface area contributed by atoms with E-state index < -0.39 is 0 Å². The summed E-state index contributed by atoms with van der Waals surface area (Å²) in [5, 5.41) is 19.6. The third kappa shape index (κ3) is 6.29. The highest BCUT2D eigenvalue weighted by Gasteiger charge is 2.11. The largest absolute Gasteiger partial charge is 0.192 e. The molecule has 4 aromatic carbocycles. The average Bonchev–Trinajstić information content (AvgIpc) is 2.95. The van der Waals surface area contributed by atoms with Gasteiger partial charge in [0.05, 0.1) is 11.1 Å². The molecule has 0 aliphatic heterocycles. The molecule has 0 saturated carbocycles. The van der Waals surface area contributed by atoms with Crippen molar-refractivity contribution in [2.45, 2.75) is 51.4 Å². The monoisotopic (exact) mass is 468 g/mol. The quantitative estimate of drug-likeness (QED) is 0.206. The van der Waals surface area contributed by atoms with Crippen LogP contribution < -0.4 is 0 Å². The van der Waals surface area contributed by atoms with Gasteiger partial charge in [-0.15, -0.1) is 0 Å². The summed E-state index contributed by atoms with van der Waals surface area (Å²) >= 11 is 0. The molecule has 4 aromatic rings. The minimum atomic E-state index is 0.815. The smallest absolute Gasteiger partial charge is 0.100 e. The summed E-state index contributed by atoms with van der Waals surface area (Å²) in [5.74, 6) is 0. The maximum absolute atomic E-state index is 9.80. The Morgan fingerprint density at radius 2 is 0.806 bits per heavy atom. The minimum Gasteiger partial charge on any atom is -0.192 e. The summed E-state index contributed by atoms with van der Waals surface area (Å²) in [4.78, 5) is 0. The zero-order chi connectivity index (χ0) is 25.0. The van der Waals surface area contributed by atoms with Crippen molar-refractivity contribution in [3.63, 3.8) is 0 Å². The van der Waals surface area contributed by atoms with Crippen LogP contribution in [0.25, 0.3) is 22.3 Å². The van der Waals surface area contributed by atoms with E-state index in [4.69, 9.17) is 0 Å². The molecule has 0 atom stereocenters. The highest BCUT2D eigenvalue weighted by molar-refractivity contribution is 5.73.